The van der Waals surface area contributed by atoms with Crippen LogP contribution >= 0.6 is 23.2 Å². The maximum Gasteiger partial charge on any atom is 0.365 e. The van der Waals surface area contributed by atoms with Crippen molar-refractivity contribution in [1.82, 2.24) is 0 Å². The van der Waals surface area contributed by atoms with Gasteiger partial charge in [-0.15, -0.1) is 0 Å². The second-order valence-corrected chi connectivity index (χ2v) is 3.69. The predicted octanol–water partition coefficient (Wildman–Crippen LogP) is 3.78. The highest BCUT2D eigenvalue weighted by Gasteiger charge is 2.12. The molecule has 5 heteroatoms. The molecule has 15 heavy (non-hydrogen) atoms. The molecule has 1 N–H and O–H groups in total. The fraction of sp³-hybridized carbons (Fsp3) is 0.100. The van der Waals surface area contributed by atoms with Crippen LogP contribution in [-0.4, -0.2) is 11.1 Å². The van der Waals surface area contributed by atoms with Gasteiger partial charge in [-0.1, -0.05) is 29.3 Å². The summed E-state index contributed by atoms with van der Waals surface area (Å²) in [7, 11) is 0. The monoisotopic (exact) mass is 248 g/mol. The Morgan fingerprint density at radius 3 is 2.40 bits per heavy atom. The number of benzene rings is 1. The molecular weight excluding hydrogens is 242 g/mol. The highest BCUT2D eigenvalue weighted by Crippen LogP contribution is 2.27. The summed E-state index contributed by atoms with van der Waals surface area (Å²) in [6.07, 6.45) is 0. The lowest BCUT2D eigenvalue weighted by Crippen LogP contribution is -1.97. The molecular formula is C10H7Cl2FO2. The molecule has 0 aliphatic rings. The standard InChI is InChI=1S/C10H7Cl2FO2/c1-5(9(13)10(14)15)6-2-3-7(11)8(12)4-6/h2-4H,1H3,(H,14,15)/b9-5-. The lowest BCUT2D eigenvalue weighted by Gasteiger charge is -2.03. The topological polar surface area (TPSA) is 37.3 Å². The summed E-state index contributed by atoms with van der Waals surface area (Å²) < 4.78 is 13.0. The Labute approximate surface area is 95.9 Å². The lowest BCUT2D eigenvalue weighted by molar-refractivity contribution is -0.134. The van der Waals surface area contributed by atoms with Crippen LogP contribution in [0.5, 0.6) is 0 Å². The van der Waals surface area contributed by atoms with Gasteiger partial charge in [0.25, 0.3) is 0 Å². The third kappa shape index (κ3) is 2.70. The van der Waals surface area contributed by atoms with E-state index in [9.17, 15) is 9.18 Å². The van der Waals surface area contributed by atoms with E-state index in [1.165, 1.54) is 25.1 Å². The zero-order valence-corrected chi connectivity index (χ0v) is 9.23. The van der Waals surface area contributed by atoms with Gasteiger partial charge in [0.2, 0.25) is 5.83 Å². The van der Waals surface area contributed by atoms with Crippen LogP contribution in [0.1, 0.15) is 12.5 Å². The number of carboxylic acid groups (broad SMARTS) is 1. The summed E-state index contributed by atoms with van der Waals surface area (Å²) in [5, 5.41) is 9.04. The minimum atomic E-state index is -1.60. The van der Waals surface area contributed by atoms with Gasteiger partial charge >= 0.3 is 5.97 Å². The van der Waals surface area contributed by atoms with E-state index in [1.54, 1.807) is 0 Å². The largest absolute Gasteiger partial charge is 0.476 e. The molecule has 0 unspecified atom stereocenters. The first-order valence-electron chi connectivity index (χ1n) is 3.98. The molecule has 0 aromatic heterocycles. The quantitative estimate of drug-likeness (QED) is 0.810. The van der Waals surface area contributed by atoms with Gasteiger partial charge in [-0.25, -0.2) is 4.79 Å². The SMILES string of the molecule is C/C(=C(/F)C(=O)O)c1ccc(Cl)c(Cl)c1. The Kier molecular flexibility index (Phi) is 3.72. The van der Waals surface area contributed by atoms with Crippen molar-refractivity contribution in [3.05, 3.63) is 39.6 Å². The molecule has 0 radical (unpaired) electrons. The van der Waals surface area contributed by atoms with Crippen molar-refractivity contribution in [2.75, 3.05) is 0 Å². The van der Waals surface area contributed by atoms with Crippen LogP contribution in [0.25, 0.3) is 5.57 Å². The van der Waals surface area contributed by atoms with Crippen LogP contribution in [0.3, 0.4) is 0 Å². The van der Waals surface area contributed by atoms with Crippen molar-refractivity contribution in [1.29, 1.82) is 0 Å². The number of hydrogen-bond acceptors (Lipinski definition) is 1. The van der Waals surface area contributed by atoms with Gasteiger partial charge in [-0.3, -0.25) is 0 Å². The first kappa shape index (κ1) is 12.0. The minimum Gasteiger partial charge on any atom is -0.476 e. The molecule has 0 aliphatic heterocycles. The van der Waals surface area contributed by atoms with E-state index in [4.69, 9.17) is 28.3 Å². The van der Waals surface area contributed by atoms with Gasteiger partial charge in [-0.05, 0) is 30.2 Å². The van der Waals surface area contributed by atoms with Gasteiger partial charge in [0.05, 0.1) is 10.0 Å². The zero-order chi connectivity index (χ0) is 11.6. The van der Waals surface area contributed by atoms with Crippen molar-refractivity contribution in [2.24, 2.45) is 0 Å². The van der Waals surface area contributed by atoms with Crippen LogP contribution in [0.4, 0.5) is 4.39 Å². The van der Waals surface area contributed by atoms with Crippen LogP contribution in [0.15, 0.2) is 24.0 Å². The van der Waals surface area contributed by atoms with Crippen LogP contribution in [-0.2, 0) is 4.79 Å². The molecule has 0 saturated carbocycles. The maximum atomic E-state index is 13.0. The van der Waals surface area contributed by atoms with Crippen molar-refractivity contribution < 1.29 is 14.3 Å². The molecule has 1 aromatic carbocycles. The average molecular weight is 249 g/mol. The smallest absolute Gasteiger partial charge is 0.365 e. The van der Waals surface area contributed by atoms with E-state index in [2.05, 4.69) is 0 Å². The molecule has 0 spiro atoms. The first-order chi connectivity index (χ1) is 6.93. The van der Waals surface area contributed by atoms with E-state index in [1.807, 2.05) is 0 Å². The molecule has 0 fully saturated rings. The molecule has 2 nitrogen and oxygen atoms in total. The van der Waals surface area contributed by atoms with E-state index in [0.29, 0.717) is 10.6 Å². The number of halogens is 3. The third-order valence-corrected chi connectivity index (χ3v) is 2.61. The fourth-order valence-electron chi connectivity index (χ4n) is 1.02. The van der Waals surface area contributed by atoms with E-state index in [0.717, 1.165) is 0 Å². The van der Waals surface area contributed by atoms with Crippen molar-refractivity contribution in [3.8, 4) is 0 Å². The summed E-state index contributed by atoms with van der Waals surface area (Å²) in [4.78, 5) is 10.4. The summed E-state index contributed by atoms with van der Waals surface area (Å²) in [6, 6.07) is 4.41. The maximum absolute atomic E-state index is 13.0. The average Bonchev–Trinajstić information content (AvgIpc) is 2.19. The number of carbonyl (C=O) groups is 1. The Bertz CT molecular complexity index is 441. The third-order valence-electron chi connectivity index (χ3n) is 1.87. The molecule has 0 atom stereocenters. The van der Waals surface area contributed by atoms with Gasteiger partial charge < -0.3 is 5.11 Å². The molecule has 0 heterocycles. The fourth-order valence-corrected chi connectivity index (χ4v) is 1.31. The zero-order valence-electron chi connectivity index (χ0n) is 7.72. The van der Waals surface area contributed by atoms with Crippen molar-refractivity contribution in [2.45, 2.75) is 6.92 Å². The highest BCUT2D eigenvalue weighted by molar-refractivity contribution is 6.42. The summed E-state index contributed by atoms with van der Waals surface area (Å²) in [6.45, 7) is 1.36. The van der Waals surface area contributed by atoms with Crippen LogP contribution < -0.4 is 0 Å². The molecule has 80 valence electrons. The summed E-state index contributed by atoms with van der Waals surface area (Å²) in [5.74, 6) is -2.80. The number of aliphatic carboxylic acids is 1. The Balaban J connectivity index is 3.23. The van der Waals surface area contributed by atoms with Crippen molar-refractivity contribution >= 4 is 34.7 Å². The molecule has 0 aliphatic carbocycles. The minimum absolute atomic E-state index is 0.0149. The first-order valence-corrected chi connectivity index (χ1v) is 4.74. The van der Waals surface area contributed by atoms with Gasteiger partial charge in [0.15, 0.2) is 0 Å². The van der Waals surface area contributed by atoms with Crippen LogP contribution in [0, 0.1) is 0 Å². The summed E-state index contributed by atoms with van der Waals surface area (Å²) >= 11 is 11.4. The van der Waals surface area contributed by atoms with E-state index >= 15 is 0 Å². The Morgan fingerprint density at radius 2 is 1.93 bits per heavy atom. The van der Waals surface area contributed by atoms with Crippen molar-refractivity contribution in [3.63, 3.8) is 0 Å². The molecule has 0 amide bonds. The highest BCUT2D eigenvalue weighted by atomic mass is 35.5. The van der Waals surface area contributed by atoms with Gasteiger partial charge in [0, 0.05) is 0 Å². The van der Waals surface area contributed by atoms with E-state index in [-0.39, 0.29) is 10.6 Å². The second-order valence-electron chi connectivity index (χ2n) is 2.87. The van der Waals surface area contributed by atoms with Gasteiger partial charge in [0.1, 0.15) is 0 Å². The number of hydrogen-bond donors (Lipinski definition) is 1. The molecule has 0 saturated heterocycles. The van der Waals surface area contributed by atoms with Crippen LogP contribution in [0.2, 0.25) is 10.0 Å². The Hall–Kier alpha value is -1.06. The second kappa shape index (κ2) is 4.64. The Morgan fingerprint density at radius 1 is 1.33 bits per heavy atom. The molecule has 0 bridgehead atoms. The summed E-state index contributed by atoms with van der Waals surface area (Å²) in [5.41, 5.74) is 0.408. The number of allylic oxidation sites excluding steroid dienone is 1. The molecule has 1 aromatic rings. The number of rotatable bonds is 2. The van der Waals surface area contributed by atoms with E-state index < -0.39 is 11.8 Å². The molecule has 1 rings (SSSR count). The normalized spacial score (nSPS) is 12.3. The predicted molar refractivity (Wildman–Crippen MR) is 57.8 cm³/mol. The number of carboxylic acids is 1. The van der Waals surface area contributed by atoms with Gasteiger partial charge in [-0.2, -0.15) is 4.39 Å². The lowest BCUT2D eigenvalue weighted by atomic mass is 10.1.